The molecular weight excluding hydrogens is 374 g/mol. The molecule has 154 valence electrons. The molecule has 1 aliphatic rings. The molecule has 0 spiro atoms. The van der Waals surface area contributed by atoms with E-state index in [9.17, 15) is 9.59 Å². The largest absolute Gasteiger partial charge is 0.495 e. The van der Waals surface area contributed by atoms with E-state index in [0.717, 1.165) is 0 Å². The number of anilines is 2. The van der Waals surface area contributed by atoms with Crippen molar-refractivity contribution in [3.05, 3.63) is 42.5 Å². The Balaban J connectivity index is 1.53. The lowest BCUT2D eigenvalue weighted by Gasteiger charge is -2.21. The zero-order valence-electron chi connectivity index (χ0n) is 16.6. The molecule has 2 aromatic carbocycles. The minimum Gasteiger partial charge on any atom is -0.495 e. The first-order chi connectivity index (χ1) is 14.1. The van der Waals surface area contributed by atoms with E-state index in [-0.39, 0.29) is 24.9 Å². The van der Waals surface area contributed by atoms with Gasteiger partial charge in [0.15, 0.2) is 11.5 Å². The molecule has 29 heavy (non-hydrogen) atoms. The third-order valence-electron chi connectivity index (χ3n) is 4.39. The molecule has 0 atom stereocenters. The number of para-hydroxylation sites is 2. The third-order valence-corrected chi connectivity index (χ3v) is 4.39. The summed E-state index contributed by atoms with van der Waals surface area (Å²) < 4.78 is 16.2. The first kappa shape index (κ1) is 20.5. The fourth-order valence-electron chi connectivity index (χ4n) is 2.94. The summed E-state index contributed by atoms with van der Waals surface area (Å²) >= 11 is 0. The predicted octanol–water partition coefficient (Wildman–Crippen LogP) is 2.37. The highest BCUT2D eigenvalue weighted by Crippen LogP contribution is 2.32. The number of amides is 2. The van der Waals surface area contributed by atoms with Gasteiger partial charge in [-0.05, 0) is 30.8 Å². The minimum absolute atomic E-state index is 0.0864. The molecular formula is C21H25N3O5. The zero-order chi connectivity index (χ0) is 20.6. The van der Waals surface area contributed by atoms with Crippen molar-refractivity contribution < 1.29 is 23.8 Å². The van der Waals surface area contributed by atoms with Crippen molar-refractivity contribution in [3.63, 3.8) is 0 Å². The van der Waals surface area contributed by atoms with Gasteiger partial charge < -0.3 is 24.8 Å². The van der Waals surface area contributed by atoms with Crippen LogP contribution in [0.25, 0.3) is 0 Å². The SMILES string of the molecule is CCN(CC(=O)Nc1ccc2c(c1)OCCO2)CC(=O)Nc1ccccc1OC. The van der Waals surface area contributed by atoms with E-state index in [1.54, 1.807) is 42.3 Å². The van der Waals surface area contributed by atoms with Crippen LogP contribution in [-0.2, 0) is 9.59 Å². The van der Waals surface area contributed by atoms with E-state index in [0.29, 0.717) is 48.4 Å². The second kappa shape index (κ2) is 9.79. The van der Waals surface area contributed by atoms with Gasteiger partial charge in [-0.3, -0.25) is 14.5 Å². The topological polar surface area (TPSA) is 89.1 Å². The highest BCUT2D eigenvalue weighted by molar-refractivity contribution is 5.95. The molecule has 1 aliphatic heterocycles. The average molecular weight is 399 g/mol. The second-order valence-corrected chi connectivity index (χ2v) is 6.46. The van der Waals surface area contributed by atoms with Crippen molar-refractivity contribution in [2.24, 2.45) is 0 Å². The van der Waals surface area contributed by atoms with E-state index >= 15 is 0 Å². The number of methoxy groups -OCH3 is 1. The fourth-order valence-corrected chi connectivity index (χ4v) is 2.94. The Hall–Kier alpha value is -3.26. The molecule has 0 saturated heterocycles. The molecule has 2 N–H and O–H groups in total. The summed E-state index contributed by atoms with van der Waals surface area (Å²) in [4.78, 5) is 26.5. The van der Waals surface area contributed by atoms with Gasteiger partial charge in [0.25, 0.3) is 0 Å². The van der Waals surface area contributed by atoms with Crippen LogP contribution in [0.1, 0.15) is 6.92 Å². The molecule has 0 fully saturated rings. The lowest BCUT2D eigenvalue weighted by atomic mass is 10.2. The summed E-state index contributed by atoms with van der Waals surface area (Å²) in [6, 6.07) is 12.4. The molecule has 2 amide bonds. The Kier molecular flexibility index (Phi) is 6.91. The Morgan fingerprint density at radius 2 is 1.69 bits per heavy atom. The van der Waals surface area contributed by atoms with Crippen LogP contribution < -0.4 is 24.8 Å². The molecule has 2 aromatic rings. The van der Waals surface area contributed by atoms with Gasteiger partial charge in [0.1, 0.15) is 19.0 Å². The van der Waals surface area contributed by atoms with Crippen molar-refractivity contribution in [1.82, 2.24) is 4.90 Å². The number of fused-ring (bicyclic) bond motifs is 1. The quantitative estimate of drug-likeness (QED) is 0.709. The zero-order valence-corrected chi connectivity index (χ0v) is 16.6. The summed E-state index contributed by atoms with van der Waals surface area (Å²) in [5, 5.41) is 5.65. The van der Waals surface area contributed by atoms with Crippen molar-refractivity contribution >= 4 is 23.2 Å². The van der Waals surface area contributed by atoms with Gasteiger partial charge in [0.05, 0.1) is 25.9 Å². The smallest absolute Gasteiger partial charge is 0.238 e. The molecule has 0 aliphatic carbocycles. The van der Waals surface area contributed by atoms with Gasteiger partial charge in [-0.1, -0.05) is 19.1 Å². The number of ether oxygens (including phenoxy) is 3. The maximum atomic E-state index is 12.4. The molecule has 0 unspecified atom stereocenters. The van der Waals surface area contributed by atoms with E-state index in [4.69, 9.17) is 14.2 Å². The van der Waals surface area contributed by atoms with Crippen LogP contribution in [0.2, 0.25) is 0 Å². The summed E-state index contributed by atoms with van der Waals surface area (Å²) in [5.74, 6) is 1.42. The van der Waals surface area contributed by atoms with E-state index < -0.39 is 0 Å². The Morgan fingerprint density at radius 3 is 2.41 bits per heavy atom. The summed E-state index contributed by atoms with van der Waals surface area (Å²) in [5.41, 5.74) is 1.21. The van der Waals surface area contributed by atoms with Crippen LogP contribution >= 0.6 is 0 Å². The minimum atomic E-state index is -0.219. The maximum Gasteiger partial charge on any atom is 0.238 e. The van der Waals surface area contributed by atoms with Gasteiger partial charge in [0.2, 0.25) is 11.8 Å². The molecule has 0 bridgehead atoms. The van der Waals surface area contributed by atoms with Crippen molar-refractivity contribution in [2.45, 2.75) is 6.92 Å². The molecule has 0 aromatic heterocycles. The van der Waals surface area contributed by atoms with E-state index in [1.807, 2.05) is 19.1 Å². The molecule has 3 rings (SSSR count). The number of rotatable bonds is 8. The van der Waals surface area contributed by atoms with Crippen LogP contribution in [-0.4, -0.2) is 56.7 Å². The van der Waals surface area contributed by atoms with Gasteiger partial charge in [-0.15, -0.1) is 0 Å². The lowest BCUT2D eigenvalue weighted by molar-refractivity contribution is -0.119. The number of benzene rings is 2. The molecule has 1 heterocycles. The number of hydrogen-bond acceptors (Lipinski definition) is 6. The Morgan fingerprint density at radius 1 is 1.00 bits per heavy atom. The van der Waals surface area contributed by atoms with Crippen molar-refractivity contribution in [2.75, 3.05) is 50.6 Å². The number of nitrogens with one attached hydrogen (secondary N) is 2. The van der Waals surface area contributed by atoms with E-state index in [1.165, 1.54) is 0 Å². The number of likely N-dealkylation sites (N-methyl/N-ethyl adjacent to an activating group) is 1. The van der Waals surface area contributed by atoms with Crippen LogP contribution in [0.5, 0.6) is 17.2 Å². The Labute approximate surface area is 169 Å². The van der Waals surface area contributed by atoms with E-state index in [2.05, 4.69) is 10.6 Å². The average Bonchev–Trinajstić information content (AvgIpc) is 2.73. The van der Waals surface area contributed by atoms with Crippen LogP contribution in [0.3, 0.4) is 0 Å². The summed E-state index contributed by atoms with van der Waals surface area (Å²) in [7, 11) is 1.55. The number of carbonyl (C=O) groups is 2. The first-order valence-electron chi connectivity index (χ1n) is 9.43. The van der Waals surface area contributed by atoms with Gasteiger partial charge in [0, 0.05) is 11.8 Å². The van der Waals surface area contributed by atoms with Crippen LogP contribution in [0.15, 0.2) is 42.5 Å². The second-order valence-electron chi connectivity index (χ2n) is 6.46. The van der Waals surface area contributed by atoms with Crippen LogP contribution in [0.4, 0.5) is 11.4 Å². The van der Waals surface area contributed by atoms with Gasteiger partial charge >= 0.3 is 0 Å². The molecule has 8 nitrogen and oxygen atoms in total. The predicted molar refractivity (Wildman–Crippen MR) is 110 cm³/mol. The third kappa shape index (κ3) is 5.61. The number of carbonyl (C=O) groups excluding carboxylic acids is 2. The summed E-state index contributed by atoms with van der Waals surface area (Å²) in [6.45, 7) is 3.62. The van der Waals surface area contributed by atoms with Crippen LogP contribution in [0, 0.1) is 0 Å². The normalized spacial score (nSPS) is 12.4. The fraction of sp³-hybridized carbons (Fsp3) is 0.333. The first-order valence-corrected chi connectivity index (χ1v) is 9.43. The molecule has 8 heteroatoms. The standard InChI is InChI=1S/C21H25N3O5/c1-3-24(14-21(26)23-16-6-4-5-7-17(16)27-2)13-20(25)22-15-8-9-18-19(12-15)29-11-10-28-18/h4-9,12H,3,10-11,13-14H2,1-2H3,(H,22,25)(H,23,26). The highest BCUT2D eigenvalue weighted by Gasteiger charge is 2.16. The highest BCUT2D eigenvalue weighted by atomic mass is 16.6. The lowest BCUT2D eigenvalue weighted by Crippen LogP contribution is -2.38. The van der Waals surface area contributed by atoms with Crippen molar-refractivity contribution in [3.8, 4) is 17.2 Å². The summed E-state index contributed by atoms with van der Waals surface area (Å²) in [6.07, 6.45) is 0. The monoisotopic (exact) mass is 399 g/mol. The van der Waals surface area contributed by atoms with Crippen molar-refractivity contribution in [1.29, 1.82) is 0 Å². The van der Waals surface area contributed by atoms with Gasteiger partial charge in [-0.25, -0.2) is 0 Å². The maximum absolute atomic E-state index is 12.4. The van der Waals surface area contributed by atoms with Gasteiger partial charge in [-0.2, -0.15) is 0 Å². The molecule has 0 radical (unpaired) electrons. The number of hydrogen-bond donors (Lipinski definition) is 2. The Bertz CT molecular complexity index is 871. The number of nitrogens with zero attached hydrogens (tertiary/aromatic N) is 1. The molecule has 0 saturated carbocycles.